The second-order valence-electron chi connectivity index (χ2n) is 7.63. The molecule has 2 fully saturated rings. The summed E-state index contributed by atoms with van der Waals surface area (Å²) in [7, 11) is 0. The zero-order valence-corrected chi connectivity index (χ0v) is 15.8. The fourth-order valence-electron chi connectivity index (χ4n) is 4.75. The molecule has 2 heterocycles. The van der Waals surface area contributed by atoms with Gasteiger partial charge in [0.15, 0.2) is 0 Å². The molecule has 6 heteroatoms. The Kier molecular flexibility index (Phi) is 5.31. The lowest BCUT2D eigenvalue weighted by Gasteiger charge is -2.29. The van der Waals surface area contributed by atoms with E-state index in [1.807, 2.05) is 35.2 Å². The highest BCUT2D eigenvalue weighted by Crippen LogP contribution is 2.45. The van der Waals surface area contributed by atoms with E-state index in [2.05, 4.69) is 21.8 Å². The summed E-state index contributed by atoms with van der Waals surface area (Å²) in [6.45, 7) is 1.79. The van der Waals surface area contributed by atoms with Crippen molar-refractivity contribution in [2.75, 3.05) is 19.6 Å². The number of nitrogens with zero attached hydrogens (tertiary/aromatic N) is 2. The Morgan fingerprint density at radius 3 is 2.50 bits per heavy atom. The van der Waals surface area contributed by atoms with Crippen LogP contribution in [0.25, 0.3) is 0 Å². The number of fused-ring (bicyclic) bond motifs is 1. The molecule has 0 spiro atoms. The first-order valence-corrected chi connectivity index (χ1v) is 9.60. The number of para-hydroxylation sites is 1. The minimum Gasteiger partial charge on any atom is -0.434 e. The molecule has 0 saturated carbocycles. The summed E-state index contributed by atoms with van der Waals surface area (Å²) in [5, 5.41) is 0. The van der Waals surface area contributed by atoms with Crippen LogP contribution in [-0.2, 0) is 11.3 Å². The van der Waals surface area contributed by atoms with Gasteiger partial charge in [-0.3, -0.25) is 9.69 Å². The van der Waals surface area contributed by atoms with E-state index in [0.29, 0.717) is 18.4 Å². The zero-order chi connectivity index (χ0) is 19.7. The van der Waals surface area contributed by atoms with E-state index in [0.717, 1.165) is 30.8 Å². The maximum atomic E-state index is 12.7. The van der Waals surface area contributed by atoms with E-state index in [1.54, 1.807) is 19.1 Å². The second-order valence-corrected chi connectivity index (χ2v) is 7.63. The number of halogens is 2. The topological polar surface area (TPSA) is 32.8 Å². The van der Waals surface area contributed by atoms with E-state index >= 15 is 0 Å². The van der Waals surface area contributed by atoms with Crippen LogP contribution in [0, 0.1) is 11.8 Å². The number of alkyl halides is 2. The van der Waals surface area contributed by atoms with Crippen LogP contribution in [-0.4, -0.2) is 42.0 Å². The predicted octanol–water partition coefficient (Wildman–Crippen LogP) is 3.94. The first-order valence-electron chi connectivity index (χ1n) is 9.60. The van der Waals surface area contributed by atoms with Gasteiger partial charge in [-0.15, -0.1) is 0 Å². The van der Waals surface area contributed by atoms with Crippen molar-refractivity contribution in [3.05, 3.63) is 65.7 Å². The molecule has 1 amide bonds. The van der Waals surface area contributed by atoms with Crippen LogP contribution in [0.1, 0.15) is 24.1 Å². The van der Waals surface area contributed by atoms with Crippen molar-refractivity contribution in [2.24, 2.45) is 11.8 Å². The highest BCUT2D eigenvalue weighted by molar-refractivity contribution is 5.74. The largest absolute Gasteiger partial charge is 0.434 e. The quantitative estimate of drug-likeness (QED) is 0.780. The van der Waals surface area contributed by atoms with Crippen LogP contribution in [0.4, 0.5) is 8.78 Å². The summed E-state index contributed by atoms with van der Waals surface area (Å²) in [5.41, 5.74) is 1.93. The van der Waals surface area contributed by atoms with Crippen molar-refractivity contribution in [3.63, 3.8) is 0 Å². The highest BCUT2D eigenvalue weighted by Gasteiger charge is 2.48. The highest BCUT2D eigenvalue weighted by atomic mass is 19.3. The molecular formula is C22H24F2N2O2. The van der Waals surface area contributed by atoms with Crippen molar-refractivity contribution in [1.29, 1.82) is 0 Å². The number of ether oxygens (including phenoxy) is 1. The fraction of sp³-hybridized carbons (Fsp3) is 0.409. The molecule has 0 aliphatic carbocycles. The van der Waals surface area contributed by atoms with Gasteiger partial charge in [-0.2, -0.15) is 8.78 Å². The molecule has 4 rings (SSSR count). The second kappa shape index (κ2) is 7.87. The molecule has 0 radical (unpaired) electrons. The summed E-state index contributed by atoms with van der Waals surface area (Å²) < 4.78 is 30.0. The van der Waals surface area contributed by atoms with Gasteiger partial charge >= 0.3 is 6.61 Å². The smallest absolute Gasteiger partial charge is 0.387 e. The minimum absolute atomic E-state index is 0.0706. The van der Waals surface area contributed by atoms with E-state index in [9.17, 15) is 13.6 Å². The first-order chi connectivity index (χ1) is 13.5. The molecule has 2 aromatic rings. The van der Waals surface area contributed by atoms with Gasteiger partial charge in [0.1, 0.15) is 5.75 Å². The van der Waals surface area contributed by atoms with Crippen LogP contribution in [0.5, 0.6) is 5.75 Å². The van der Waals surface area contributed by atoms with Gasteiger partial charge in [-0.1, -0.05) is 48.5 Å². The number of likely N-dealkylation sites (tertiary alicyclic amines) is 2. The molecular weight excluding hydrogens is 362 g/mol. The summed E-state index contributed by atoms with van der Waals surface area (Å²) in [5.74, 6) is 1.07. The van der Waals surface area contributed by atoms with E-state index in [-0.39, 0.29) is 17.7 Å². The van der Waals surface area contributed by atoms with Crippen LogP contribution >= 0.6 is 0 Å². The number of rotatable bonds is 5. The van der Waals surface area contributed by atoms with Gasteiger partial charge in [0.05, 0.1) is 6.04 Å². The summed E-state index contributed by atoms with van der Waals surface area (Å²) in [4.78, 5) is 16.5. The Bertz CT molecular complexity index is 830. The molecule has 4 nitrogen and oxygen atoms in total. The van der Waals surface area contributed by atoms with Gasteiger partial charge in [0, 0.05) is 44.6 Å². The number of benzene rings is 2. The molecule has 2 saturated heterocycles. The molecule has 2 aromatic carbocycles. The molecule has 3 atom stereocenters. The Morgan fingerprint density at radius 2 is 1.79 bits per heavy atom. The number of carbonyl (C=O) groups excluding carboxylic acids is 1. The maximum absolute atomic E-state index is 12.7. The average molecular weight is 386 g/mol. The molecule has 0 N–H and O–H groups in total. The predicted molar refractivity (Wildman–Crippen MR) is 102 cm³/mol. The first kappa shape index (κ1) is 18.9. The van der Waals surface area contributed by atoms with Crippen molar-refractivity contribution >= 4 is 5.91 Å². The minimum atomic E-state index is -2.83. The van der Waals surface area contributed by atoms with E-state index < -0.39 is 6.61 Å². The molecule has 2 aliphatic rings. The van der Waals surface area contributed by atoms with E-state index in [1.165, 1.54) is 0 Å². The standard InChI is InChI=1S/C22H24F2N2O2/c1-15(27)26-13-18-12-25(11-17-9-5-6-10-20(17)28-22(23)24)14-19(18)21(26)16-7-3-2-4-8-16/h2-10,18-19,21-22H,11-14H2,1H3/t18-,19-,21+/m1/s1. The van der Waals surface area contributed by atoms with Crippen molar-refractivity contribution in [1.82, 2.24) is 9.80 Å². The average Bonchev–Trinajstić information content (AvgIpc) is 3.21. The lowest BCUT2D eigenvalue weighted by Crippen LogP contribution is -2.34. The Hall–Kier alpha value is -2.47. The zero-order valence-electron chi connectivity index (χ0n) is 15.8. The Balaban J connectivity index is 1.52. The molecule has 148 valence electrons. The lowest BCUT2D eigenvalue weighted by molar-refractivity contribution is -0.130. The third kappa shape index (κ3) is 3.74. The van der Waals surface area contributed by atoms with Gasteiger partial charge < -0.3 is 9.64 Å². The van der Waals surface area contributed by atoms with Gasteiger partial charge in [0.25, 0.3) is 0 Å². The number of carbonyl (C=O) groups is 1. The van der Waals surface area contributed by atoms with Gasteiger partial charge in [0.2, 0.25) is 5.91 Å². The molecule has 0 bridgehead atoms. The molecule has 28 heavy (non-hydrogen) atoms. The monoisotopic (exact) mass is 386 g/mol. The summed E-state index contributed by atoms with van der Waals surface area (Å²) in [6, 6.07) is 17.2. The molecule has 0 aromatic heterocycles. The number of hydrogen-bond donors (Lipinski definition) is 0. The van der Waals surface area contributed by atoms with Crippen molar-refractivity contribution in [2.45, 2.75) is 26.1 Å². The Labute approximate surface area is 163 Å². The van der Waals surface area contributed by atoms with Gasteiger partial charge in [-0.05, 0) is 17.5 Å². The molecule has 2 aliphatic heterocycles. The Morgan fingerprint density at radius 1 is 1.07 bits per heavy atom. The molecule has 0 unspecified atom stereocenters. The van der Waals surface area contributed by atoms with Crippen LogP contribution in [0.3, 0.4) is 0 Å². The van der Waals surface area contributed by atoms with Crippen LogP contribution in [0.2, 0.25) is 0 Å². The summed E-state index contributed by atoms with van der Waals surface area (Å²) in [6.07, 6.45) is 0. The SMILES string of the molecule is CC(=O)N1C[C@H]2CN(Cc3ccccc3OC(F)F)C[C@H]2[C@@H]1c1ccccc1. The summed E-state index contributed by atoms with van der Waals surface area (Å²) >= 11 is 0. The van der Waals surface area contributed by atoms with Crippen molar-refractivity contribution in [3.8, 4) is 5.75 Å². The number of hydrogen-bond acceptors (Lipinski definition) is 3. The van der Waals surface area contributed by atoms with Crippen LogP contribution < -0.4 is 4.74 Å². The third-order valence-electron chi connectivity index (χ3n) is 5.87. The maximum Gasteiger partial charge on any atom is 0.387 e. The fourth-order valence-corrected chi connectivity index (χ4v) is 4.75. The van der Waals surface area contributed by atoms with Gasteiger partial charge in [-0.25, -0.2) is 0 Å². The van der Waals surface area contributed by atoms with E-state index in [4.69, 9.17) is 0 Å². The number of amides is 1. The normalized spacial score (nSPS) is 24.6. The third-order valence-corrected chi connectivity index (χ3v) is 5.87. The van der Waals surface area contributed by atoms with Crippen LogP contribution in [0.15, 0.2) is 54.6 Å². The lowest BCUT2D eigenvalue weighted by atomic mass is 9.89. The van der Waals surface area contributed by atoms with Crippen molar-refractivity contribution < 1.29 is 18.3 Å².